The first-order valence-electron chi connectivity index (χ1n) is 7.79. The van der Waals surface area contributed by atoms with Gasteiger partial charge in [-0.3, -0.25) is 9.48 Å². The third-order valence-electron chi connectivity index (χ3n) is 3.97. The van der Waals surface area contributed by atoms with E-state index in [1.165, 1.54) is 0 Å². The second kappa shape index (κ2) is 6.25. The van der Waals surface area contributed by atoms with E-state index >= 15 is 0 Å². The van der Waals surface area contributed by atoms with Crippen molar-refractivity contribution < 1.29 is 4.79 Å². The lowest BCUT2D eigenvalue weighted by Crippen LogP contribution is -2.29. The number of aryl methyl sites for hydroxylation is 2. The van der Waals surface area contributed by atoms with Gasteiger partial charge in [-0.25, -0.2) is 9.97 Å². The Morgan fingerprint density at radius 3 is 3.05 bits per heavy atom. The molecule has 1 aliphatic rings. The van der Waals surface area contributed by atoms with Gasteiger partial charge in [0.05, 0.1) is 0 Å². The largest absolute Gasteiger partial charge is 0.336 e. The summed E-state index contributed by atoms with van der Waals surface area (Å²) in [6.07, 6.45) is 5.57. The monoisotopic (exact) mass is 299 g/mol. The van der Waals surface area contributed by atoms with Crippen LogP contribution < -0.4 is 0 Å². The van der Waals surface area contributed by atoms with Crippen molar-refractivity contribution in [3.8, 4) is 0 Å². The summed E-state index contributed by atoms with van der Waals surface area (Å²) < 4.78 is 1.82. The molecule has 1 aliphatic heterocycles. The van der Waals surface area contributed by atoms with Crippen LogP contribution in [-0.4, -0.2) is 43.6 Å². The van der Waals surface area contributed by atoms with Gasteiger partial charge in [-0.15, -0.1) is 0 Å². The summed E-state index contributed by atoms with van der Waals surface area (Å²) >= 11 is 0. The van der Waals surface area contributed by atoms with E-state index in [1.54, 1.807) is 12.3 Å². The molecule has 0 saturated carbocycles. The first-order chi connectivity index (χ1) is 10.7. The first kappa shape index (κ1) is 14.7. The van der Waals surface area contributed by atoms with Gasteiger partial charge in [-0.2, -0.15) is 5.10 Å². The van der Waals surface area contributed by atoms with Gasteiger partial charge in [0.25, 0.3) is 5.91 Å². The van der Waals surface area contributed by atoms with Crippen LogP contribution in [0.2, 0.25) is 0 Å². The Balaban J connectivity index is 1.67. The fourth-order valence-electron chi connectivity index (χ4n) is 2.81. The second-order valence-electron chi connectivity index (χ2n) is 5.76. The molecule has 2 aromatic heterocycles. The van der Waals surface area contributed by atoms with Gasteiger partial charge in [0.2, 0.25) is 0 Å². The fourth-order valence-corrected chi connectivity index (χ4v) is 2.81. The molecule has 2 aromatic rings. The molecule has 0 aliphatic carbocycles. The zero-order chi connectivity index (χ0) is 15.5. The SMILES string of the molecule is CCCn1ccc(C(=O)N2CC[C@@H](c3nccc(C)n3)C2)n1. The minimum absolute atomic E-state index is 0.00464. The normalized spacial score (nSPS) is 17.9. The van der Waals surface area contributed by atoms with Crippen molar-refractivity contribution in [3.05, 3.63) is 41.7 Å². The molecule has 22 heavy (non-hydrogen) atoms. The number of hydrogen-bond donors (Lipinski definition) is 0. The molecule has 6 heteroatoms. The number of carbonyl (C=O) groups excluding carboxylic acids is 1. The van der Waals surface area contributed by atoms with Crippen LogP contribution in [0.3, 0.4) is 0 Å². The van der Waals surface area contributed by atoms with Gasteiger partial charge >= 0.3 is 0 Å². The number of nitrogens with zero attached hydrogens (tertiary/aromatic N) is 5. The number of amides is 1. The van der Waals surface area contributed by atoms with Crippen molar-refractivity contribution in [2.75, 3.05) is 13.1 Å². The molecule has 1 saturated heterocycles. The van der Waals surface area contributed by atoms with Crippen LogP contribution in [0.15, 0.2) is 24.5 Å². The van der Waals surface area contributed by atoms with Crippen LogP contribution in [-0.2, 0) is 6.54 Å². The molecule has 0 unspecified atom stereocenters. The minimum Gasteiger partial charge on any atom is -0.336 e. The van der Waals surface area contributed by atoms with Crippen LogP contribution >= 0.6 is 0 Å². The fraction of sp³-hybridized carbons (Fsp3) is 0.500. The Morgan fingerprint density at radius 2 is 2.27 bits per heavy atom. The van der Waals surface area contributed by atoms with E-state index < -0.39 is 0 Å². The third-order valence-corrected chi connectivity index (χ3v) is 3.97. The van der Waals surface area contributed by atoms with Gasteiger partial charge in [0.1, 0.15) is 11.5 Å². The molecule has 0 bridgehead atoms. The number of hydrogen-bond acceptors (Lipinski definition) is 4. The predicted molar refractivity (Wildman–Crippen MR) is 82.5 cm³/mol. The molecule has 116 valence electrons. The number of likely N-dealkylation sites (tertiary alicyclic amines) is 1. The average Bonchev–Trinajstić information content (AvgIpc) is 3.16. The molecular formula is C16H21N5O. The van der Waals surface area contributed by atoms with Crippen molar-refractivity contribution in [1.82, 2.24) is 24.6 Å². The zero-order valence-electron chi connectivity index (χ0n) is 13.1. The zero-order valence-corrected chi connectivity index (χ0v) is 13.1. The molecular weight excluding hydrogens is 278 g/mol. The lowest BCUT2D eigenvalue weighted by Gasteiger charge is -2.14. The molecule has 3 rings (SSSR count). The van der Waals surface area contributed by atoms with Crippen molar-refractivity contribution in [3.63, 3.8) is 0 Å². The molecule has 1 fully saturated rings. The summed E-state index contributed by atoms with van der Waals surface area (Å²) in [5, 5.41) is 4.35. The first-order valence-corrected chi connectivity index (χ1v) is 7.79. The Labute approximate surface area is 130 Å². The van der Waals surface area contributed by atoms with E-state index in [9.17, 15) is 4.79 Å². The summed E-state index contributed by atoms with van der Waals surface area (Å²) in [7, 11) is 0. The van der Waals surface area contributed by atoms with E-state index in [0.29, 0.717) is 12.2 Å². The van der Waals surface area contributed by atoms with Crippen LogP contribution in [0.25, 0.3) is 0 Å². The van der Waals surface area contributed by atoms with E-state index in [-0.39, 0.29) is 11.8 Å². The maximum absolute atomic E-state index is 12.5. The Morgan fingerprint density at radius 1 is 1.41 bits per heavy atom. The van der Waals surface area contributed by atoms with Crippen LogP contribution in [0, 0.1) is 6.92 Å². The van der Waals surface area contributed by atoms with Gasteiger partial charge in [0, 0.05) is 43.6 Å². The lowest BCUT2D eigenvalue weighted by atomic mass is 10.1. The molecule has 3 heterocycles. The van der Waals surface area contributed by atoms with Gasteiger partial charge < -0.3 is 4.90 Å². The average molecular weight is 299 g/mol. The van der Waals surface area contributed by atoms with Crippen molar-refractivity contribution in [1.29, 1.82) is 0 Å². The van der Waals surface area contributed by atoms with E-state index in [0.717, 1.165) is 37.4 Å². The van der Waals surface area contributed by atoms with Gasteiger partial charge in [-0.05, 0) is 31.9 Å². The van der Waals surface area contributed by atoms with Gasteiger partial charge in [-0.1, -0.05) is 6.92 Å². The predicted octanol–water partition coefficient (Wildman–Crippen LogP) is 2.02. The van der Waals surface area contributed by atoms with E-state index in [2.05, 4.69) is 22.0 Å². The van der Waals surface area contributed by atoms with Crippen LogP contribution in [0.4, 0.5) is 0 Å². The number of aromatic nitrogens is 4. The molecule has 0 spiro atoms. The summed E-state index contributed by atoms with van der Waals surface area (Å²) in [5.41, 5.74) is 1.49. The molecule has 1 atom stereocenters. The summed E-state index contributed by atoms with van der Waals surface area (Å²) in [5.74, 6) is 1.07. The van der Waals surface area contributed by atoms with E-state index in [4.69, 9.17) is 0 Å². The van der Waals surface area contributed by atoms with Crippen molar-refractivity contribution in [2.24, 2.45) is 0 Å². The smallest absolute Gasteiger partial charge is 0.274 e. The van der Waals surface area contributed by atoms with Crippen LogP contribution in [0.5, 0.6) is 0 Å². The highest BCUT2D eigenvalue weighted by atomic mass is 16.2. The summed E-state index contributed by atoms with van der Waals surface area (Å²) in [6, 6.07) is 3.69. The third kappa shape index (κ3) is 3.00. The quantitative estimate of drug-likeness (QED) is 0.866. The topological polar surface area (TPSA) is 63.9 Å². The lowest BCUT2D eigenvalue weighted by molar-refractivity contribution is 0.0783. The highest BCUT2D eigenvalue weighted by Gasteiger charge is 2.30. The van der Waals surface area contributed by atoms with Crippen LogP contribution in [0.1, 0.15) is 47.7 Å². The Bertz CT molecular complexity index is 666. The highest BCUT2D eigenvalue weighted by Crippen LogP contribution is 2.25. The molecule has 0 N–H and O–H groups in total. The second-order valence-corrected chi connectivity index (χ2v) is 5.76. The molecule has 1 amide bonds. The summed E-state index contributed by atoms with van der Waals surface area (Å²) in [6.45, 7) is 6.30. The highest BCUT2D eigenvalue weighted by molar-refractivity contribution is 5.92. The standard InChI is InChI=1S/C16H21N5O/c1-3-8-21-10-6-14(19-21)16(22)20-9-5-13(11-20)15-17-7-4-12(2)18-15/h4,6-7,10,13H,3,5,8-9,11H2,1-2H3/t13-/m1/s1. The molecule has 0 aromatic carbocycles. The maximum atomic E-state index is 12.5. The minimum atomic E-state index is 0.00464. The van der Waals surface area contributed by atoms with Crippen molar-refractivity contribution in [2.45, 2.75) is 39.2 Å². The van der Waals surface area contributed by atoms with Gasteiger partial charge in [0.15, 0.2) is 0 Å². The summed E-state index contributed by atoms with van der Waals surface area (Å²) in [4.78, 5) is 23.2. The molecule has 0 radical (unpaired) electrons. The van der Waals surface area contributed by atoms with E-state index in [1.807, 2.05) is 28.8 Å². The Hall–Kier alpha value is -2.24. The molecule has 6 nitrogen and oxygen atoms in total. The number of rotatable bonds is 4. The van der Waals surface area contributed by atoms with Crippen molar-refractivity contribution >= 4 is 5.91 Å². The Kier molecular flexibility index (Phi) is 4.18. The maximum Gasteiger partial charge on any atom is 0.274 e. The number of carbonyl (C=O) groups is 1.